The monoisotopic (exact) mass is 358 g/mol. The normalized spacial score (nSPS) is 11.8. The number of hydrogen-bond acceptors (Lipinski definition) is 3. The van der Waals surface area contributed by atoms with Gasteiger partial charge in [-0.2, -0.15) is 0 Å². The lowest BCUT2D eigenvalue weighted by atomic mass is 9.96. The number of rotatable bonds is 8. The lowest BCUT2D eigenvalue weighted by molar-refractivity contribution is 0.233. The zero-order chi connectivity index (χ0) is 18.1. The molecule has 2 N–H and O–H groups in total. The molecule has 0 fully saturated rings. The second kappa shape index (κ2) is 9.99. The summed E-state index contributed by atoms with van der Waals surface area (Å²) in [7, 11) is 1.65. The first-order valence-electron chi connectivity index (χ1n) is 8.46. The fraction of sp³-hybridized carbons (Fsp3) is 0.350. The minimum atomic E-state index is -0.136. The maximum atomic E-state index is 12.2. The summed E-state index contributed by atoms with van der Waals surface area (Å²) in [6.07, 6.45) is 0. The van der Waals surface area contributed by atoms with Crippen molar-refractivity contribution >= 4 is 17.8 Å². The number of carbonyl (C=O) groups excluding carboxylic acids is 1. The lowest BCUT2D eigenvalue weighted by Crippen LogP contribution is -2.40. The van der Waals surface area contributed by atoms with Crippen LogP contribution in [0.1, 0.15) is 25.5 Å². The molecule has 25 heavy (non-hydrogen) atoms. The smallest absolute Gasteiger partial charge is 0.315 e. The largest absolute Gasteiger partial charge is 0.497 e. The predicted octanol–water partition coefficient (Wildman–Crippen LogP) is 4.48. The van der Waals surface area contributed by atoms with Gasteiger partial charge in [-0.3, -0.25) is 0 Å². The van der Waals surface area contributed by atoms with E-state index in [2.05, 4.69) is 36.6 Å². The molecule has 0 saturated heterocycles. The summed E-state index contributed by atoms with van der Waals surface area (Å²) in [5, 5.41) is 6.00. The molecule has 2 aromatic carbocycles. The maximum absolute atomic E-state index is 12.2. The van der Waals surface area contributed by atoms with Gasteiger partial charge in [0, 0.05) is 17.2 Å². The first-order chi connectivity index (χ1) is 12.1. The number of thioether (sulfide) groups is 1. The average molecular weight is 359 g/mol. The number of nitrogens with one attached hydrogen (secondary N) is 2. The molecular weight excluding hydrogens is 332 g/mol. The van der Waals surface area contributed by atoms with E-state index in [4.69, 9.17) is 4.74 Å². The molecule has 2 aromatic rings. The third kappa shape index (κ3) is 6.35. The molecule has 0 aliphatic heterocycles. The molecule has 0 saturated carbocycles. The second-order valence-electron chi connectivity index (χ2n) is 6.06. The standard InChI is InChI=1S/C20H26N2O2S/c1-15(2)19(16-9-11-17(24-3)12-10-16)22-20(23)21-13-14-25-18-7-5-4-6-8-18/h4-12,15,19H,13-14H2,1-3H3,(H2,21,22,23). The number of methoxy groups -OCH3 is 1. The highest BCUT2D eigenvalue weighted by atomic mass is 32.2. The fourth-order valence-corrected chi connectivity index (χ4v) is 3.28. The Kier molecular flexibility index (Phi) is 7.67. The van der Waals surface area contributed by atoms with Crippen LogP contribution in [-0.2, 0) is 0 Å². The van der Waals surface area contributed by atoms with Crippen LogP contribution in [0.15, 0.2) is 59.5 Å². The zero-order valence-electron chi connectivity index (χ0n) is 15.0. The van der Waals surface area contributed by atoms with Crippen LogP contribution >= 0.6 is 11.8 Å². The molecule has 2 amide bonds. The van der Waals surface area contributed by atoms with Crippen molar-refractivity contribution in [2.75, 3.05) is 19.4 Å². The van der Waals surface area contributed by atoms with E-state index in [1.807, 2.05) is 42.5 Å². The van der Waals surface area contributed by atoms with Gasteiger partial charge in [0.05, 0.1) is 13.2 Å². The second-order valence-corrected chi connectivity index (χ2v) is 7.22. The van der Waals surface area contributed by atoms with Crippen LogP contribution in [-0.4, -0.2) is 25.4 Å². The minimum absolute atomic E-state index is 0.0346. The van der Waals surface area contributed by atoms with E-state index in [9.17, 15) is 4.79 Å². The van der Waals surface area contributed by atoms with E-state index < -0.39 is 0 Å². The van der Waals surface area contributed by atoms with Crippen molar-refractivity contribution in [3.63, 3.8) is 0 Å². The number of urea groups is 1. The Bertz CT molecular complexity index is 645. The van der Waals surface area contributed by atoms with Gasteiger partial charge < -0.3 is 15.4 Å². The van der Waals surface area contributed by atoms with Crippen LogP contribution in [0.4, 0.5) is 4.79 Å². The number of carbonyl (C=O) groups is 1. The molecule has 134 valence electrons. The average Bonchev–Trinajstić information content (AvgIpc) is 2.64. The highest BCUT2D eigenvalue weighted by molar-refractivity contribution is 7.99. The van der Waals surface area contributed by atoms with Crippen molar-refractivity contribution in [3.05, 3.63) is 60.2 Å². The summed E-state index contributed by atoms with van der Waals surface area (Å²) in [6, 6.07) is 17.8. The van der Waals surface area contributed by atoms with Gasteiger partial charge in [-0.15, -0.1) is 11.8 Å². The lowest BCUT2D eigenvalue weighted by Gasteiger charge is -2.23. The minimum Gasteiger partial charge on any atom is -0.497 e. The number of ether oxygens (including phenoxy) is 1. The van der Waals surface area contributed by atoms with Crippen molar-refractivity contribution in [1.29, 1.82) is 0 Å². The topological polar surface area (TPSA) is 50.4 Å². The Hall–Kier alpha value is -2.14. The molecular formula is C20H26N2O2S. The molecule has 1 unspecified atom stereocenters. The molecule has 2 rings (SSSR count). The predicted molar refractivity (Wildman–Crippen MR) is 104 cm³/mol. The van der Waals surface area contributed by atoms with Crippen molar-refractivity contribution in [2.24, 2.45) is 5.92 Å². The van der Waals surface area contributed by atoms with Gasteiger partial charge in [-0.1, -0.05) is 44.2 Å². The van der Waals surface area contributed by atoms with Crippen LogP contribution in [0, 0.1) is 5.92 Å². The van der Waals surface area contributed by atoms with Crippen LogP contribution < -0.4 is 15.4 Å². The van der Waals surface area contributed by atoms with Gasteiger partial charge in [0.2, 0.25) is 0 Å². The quantitative estimate of drug-likeness (QED) is 0.540. The van der Waals surface area contributed by atoms with Crippen molar-refractivity contribution in [1.82, 2.24) is 10.6 Å². The molecule has 0 spiro atoms. The van der Waals surface area contributed by atoms with E-state index in [0.717, 1.165) is 17.1 Å². The van der Waals surface area contributed by atoms with Crippen molar-refractivity contribution in [3.8, 4) is 5.75 Å². The molecule has 0 bridgehead atoms. The van der Waals surface area contributed by atoms with Crippen molar-refractivity contribution < 1.29 is 9.53 Å². The Morgan fingerprint density at radius 3 is 2.36 bits per heavy atom. The summed E-state index contributed by atoms with van der Waals surface area (Å²) in [5.41, 5.74) is 1.07. The van der Waals surface area contributed by atoms with Crippen LogP contribution in [0.5, 0.6) is 5.75 Å². The summed E-state index contributed by atoms with van der Waals surface area (Å²) in [5.74, 6) is 1.94. The molecule has 0 aliphatic carbocycles. The van der Waals surface area contributed by atoms with Crippen LogP contribution in [0.2, 0.25) is 0 Å². The summed E-state index contributed by atoms with van der Waals surface area (Å²) < 4.78 is 5.19. The number of benzene rings is 2. The van der Waals surface area contributed by atoms with Gasteiger partial charge in [0.1, 0.15) is 5.75 Å². The summed E-state index contributed by atoms with van der Waals surface area (Å²) >= 11 is 1.73. The Morgan fingerprint density at radius 1 is 1.08 bits per heavy atom. The Balaban J connectivity index is 1.81. The Morgan fingerprint density at radius 2 is 1.76 bits per heavy atom. The van der Waals surface area contributed by atoms with Gasteiger partial charge in [0.25, 0.3) is 0 Å². The van der Waals surface area contributed by atoms with Crippen molar-refractivity contribution in [2.45, 2.75) is 24.8 Å². The number of amides is 2. The van der Waals surface area contributed by atoms with Crippen LogP contribution in [0.3, 0.4) is 0 Å². The summed E-state index contributed by atoms with van der Waals surface area (Å²) in [4.78, 5) is 13.4. The molecule has 5 heteroatoms. The first kappa shape index (κ1) is 19.2. The van der Waals surface area contributed by atoms with E-state index in [-0.39, 0.29) is 18.0 Å². The van der Waals surface area contributed by atoms with Gasteiger partial charge >= 0.3 is 6.03 Å². The highest BCUT2D eigenvalue weighted by Crippen LogP contribution is 2.23. The summed E-state index contributed by atoms with van der Waals surface area (Å²) in [6.45, 7) is 4.82. The zero-order valence-corrected chi connectivity index (χ0v) is 15.8. The molecule has 0 radical (unpaired) electrons. The molecule has 0 aliphatic rings. The fourth-order valence-electron chi connectivity index (χ4n) is 2.49. The highest BCUT2D eigenvalue weighted by Gasteiger charge is 2.18. The Labute approximate surface area is 154 Å². The van der Waals surface area contributed by atoms with Gasteiger partial charge in [-0.05, 0) is 35.7 Å². The SMILES string of the molecule is COc1ccc(C(NC(=O)NCCSc2ccccc2)C(C)C)cc1. The van der Waals surface area contributed by atoms with E-state index in [1.165, 1.54) is 4.90 Å². The van der Waals surface area contributed by atoms with E-state index in [0.29, 0.717) is 6.54 Å². The third-order valence-electron chi connectivity index (χ3n) is 3.83. The molecule has 0 heterocycles. The maximum Gasteiger partial charge on any atom is 0.315 e. The molecule has 4 nitrogen and oxygen atoms in total. The van der Waals surface area contributed by atoms with E-state index >= 15 is 0 Å². The number of hydrogen-bond donors (Lipinski definition) is 2. The van der Waals surface area contributed by atoms with E-state index in [1.54, 1.807) is 18.9 Å². The third-order valence-corrected chi connectivity index (χ3v) is 4.84. The van der Waals surface area contributed by atoms with Gasteiger partial charge in [0.15, 0.2) is 0 Å². The van der Waals surface area contributed by atoms with Gasteiger partial charge in [-0.25, -0.2) is 4.79 Å². The van der Waals surface area contributed by atoms with Crippen LogP contribution in [0.25, 0.3) is 0 Å². The first-order valence-corrected chi connectivity index (χ1v) is 9.45. The molecule has 0 aromatic heterocycles. The molecule has 1 atom stereocenters.